The Kier molecular flexibility index (Phi) is 3.92. The van der Waals surface area contributed by atoms with Crippen LogP contribution in [0.25, 0.3) is 22.3 Å². The van der Waals surface area contributed by atoms with Gasteiger partial charge < -0.3 is 0 Å². The predicted molar refractivity (Wildman–Crippen MR) is 94.0 cm³/mol. The highest BCUT2D eigenvalue weighted by atomic mass is 32.1. The number of thiazole rings is 1. The topological polar surface area (TPSA) is 83.6 Å². The maximum Gasteiger partial charge on any atom is 0.257 e. The van der Waals surface area contributed by atoms with Crippen LogP contribution in [0.3, 0.4) is 0 Å². The number of amides is 1. The van der Waals surface area contributed by atoms with Gasteiger partial charge in [-0.1, -0.05) is 0 Å². The summed E-state index contributed by atoms with van der Waals surface area (Å²) in [6.07, 6.45) is 0. The lowest BCUT2D eigenvalue weighted by Gasteiger charge is -2.01. The molecule has 0 unspecified atom stereocenters. The second-order valence-electron chi connectivity index (χ2n) is 5.53. The number of carbonyl (C=O) groups is 1. The summed E-state index contributed by atoms with van der Waals surface area (Å²) in [7, 11) is 0. The smallest absolute Gasteiger partial charge is 0.257 e. The summed E-state index contributed by atoms with van der Waals surface area (Å²) >= 11 is 1.25. The van der Waals surface area contributed by atoms with Gasteiger partial charge in [0, 0.05) is 16.0 Å². The Balaban J connectivity index is 1.60. The molecule has 1 amide bonds. The van der Waals surface area contributed by atoms with Gasteiger partial charge in [0.25, 0.3) is 5.91 Å². The van der Waals surface area contributed by atoms with Crippen molar-refractivity contribution in [3.63, 3.8) is 0 Å². The zero-order valence-electron chi connectivity index (χ0n) is 13.4. The first-order valence-electron chi connectivity index (χ1n) is 7.56. The van der Waals surface area contributed by atoms with Crippen LogP contribution in [-0.4, -0.2) is 26.3 Å². The number of aromatic amines is 1. The van der Waals surface area contributed by atoms with Gasteiger partial charge in [-0.3, -0.25) is 10.1 Å². The van der Waals surface area contributed by atoms with Gasteiger partial charge in [0.1, 0.15) is 11.0 Å². The Hall–Kier alpha value is -3.20. The maximum absolute atomic E-state index is 13.5. The molecule has 6 nitrogen and oxygen atoms in total. The van der Waals surface area contributed by atoms with E-state index in [0.29, 0.717) is 33.0 Å². The molecule has 2 aromatic heterocycles. The summed E-state index contributed by atoms with van der Waals surface area (Å²) in [6, 6.07) is 8.52. The summed E-state index contributed by atoms with van der Waals surface area (Å²) < 4.78 is 26.6. The molecule has 0 radical (unpaired) electrons. The first-order valence-corrected chi connectivity index (χ1v) is 8.37. The molecule has 2 aromatic carbocycles. The molecule has 2 heterocycles. The minimum Gasteiger partial charge on any atom is -0.298 e. The van der Waals surface area contributed by atoms with Crippen molar-refractivity contribution in [3.8, 4) is 11.3 Å². The third kappa shape index (κ3) is 2.92. The van der Waals surface area contributed by atoms with E-state index in [9.17, 15) is 13.6 Å². The number of benzene rings is 2. The molecule has 26 heavy (non-hydrogen) atoms. The number of hydrogen-bond donors (Lipinski definition) is 2. The molecule has 0 atom stereocenters. The van der Waals surface area contributed by atoms with E-state index in [1.54, 1.807) is 25.1 Å². The van der Waals surface area contributed by atoms with E-state index in [4.69, 9.17) is 0 Å². The van der Waals surface area contributed by atoms with Crippen LogP contribution in [0.15, 0.2) is 36.4 Å². The minimum absolute atomic E-state index is 0.347. The van der Waals surface area contributed by atoms with Crippen LogP contribution in [-0.2, 0) is 0 Å². The molecular formula is C17H11F2N5OS. The van der Waals surface area contributed by atoms with Crippen molar-refractivity contribution in [2.24, 2.45) is 0 Å². The van der Waals surface area contributed by atoms with E-state index in [-0.39, 0.29) is 5.91 Å². The highest BCUT2D eigenvalue weighted by Crippen LogP contribution is 2.31. The Morgan fingerprint density at radius 3 is 2.69 bits per heavy atom. The first-order chi connectivity index (χ1) is 12.5. The molecule has 0 aliphatic heterocycles. The number of hydrogen-bond acceptors (Lipinski definition) is 5. The number of H-pyrrole nitrogens is 1. The summed E-state index contributed by atoms with van der Waals surface area (Å²) in [5.74, 6) is -2.21. The van der Waals surface area contributed by atoms with Gasteiger partial charge in [-0.25, -0.2) is 13.8 Å². The van der Waals surface area contributed by atoms with E-state index >= 15 is 0 Å². The van der Waals surface area contributed by atoms with Crippen LogP contribution in [0.5, 0.6) is 0 Å². The largest absolute Gasteiger partial charge is 0.298 e. The second kappa shape index (κ2) is 6.26. The van der Waals surface area contributed by atoms with Crippen molar-refractivity contribution in [3.05, 3.63) is 58.5 Å². The van der Waals surface area contributed by atoms with Crippen LogP contribution in [0.4, 0.5) is 13.9 Å². The van der Waals surface area contributed by atoms with Crippen LogP contribution >= 0.6 is 11.3 Å². The Labute approximate surface area is 149 Å². The molecule has 130 valence electrons. The zero-order chi connectivity index (χ0) is 18.3. The fourth-order valence-corrected chi connectivity index (χ4v) is 3.34. The standard InChI is InChI=1S/C17H11F2N5OS/c1-8-15(9-2-4-11(18)12(19)6-9)20-17(26-8)21-16(25)10-3-5-13-14(7-10)23-24-22-13/h2-7H,1H3,(H,20,21,25)(H,22,23,24). The van der Waals surface area contributed by atoms with E-state index in [1.165, 1.54) is 17.4 Å². The van der Waals surface area contributed by atoms with Crippen LogP contribution in [0, 0.1) is 18.6 Å². The number of aromatic nitrogens is 4. The molecule has 4 aromatic rings. The SMILES string of the molecule is Cc1sc(NC(=O)c2ccc3n[nH]nc3c2)nc1-c1ccc(F)c(F)c1. The normalized spacial score (nSPS) is 11.0. The van der Waals surface area contributed by atoms with E-state index < -0.39 is 11.6 Å². The lowest BCUT2D eigenvalue weighted by atomic mass is 10.1. The quantitative estimate of drug-likeness (QED) is 0.572. The van der Waals surface area contributed by atoms with Crippen molar-refractivity contribution in [2.75, 3.05) is 5.32 Å². The van der Waals surface area contributed by atoms with E-state index in [1.807, 2.05) is 0 Å². The molecule has 0 aliphatic rings. The fourth-order valence-electron chi connectivity index (χ4n) is 2.51. The number of nitrogens with zero attached hydrogens (tertiary/aromatic N) is 3. The first kappa shape index (κ1) is 16.3. The summed E-state index contributed by atoms with van der Waals surface area (Å²) in [6.45, 7) is 1.80. The van der Waals surface area contributed by atoms with Crippen molar-refractivity contribution in [1.29, 1.82) is 0 Å². The monoisotopic (exact) mass is 371 g/mol. The van der Waals surface area contributed by atoms with Crippen LogP contribution in [0.2, 0.25) is 0 Å². The average molecular weight is 371 g/mol. The number of halogens is 2. The Bertz CT molecular complexity index is 1140. The third-order valence-electron chi connectivity index (χ3n) is 3.79. The van der Waals surface area contributed by atoms with E-state index in [0.717, 1.165) is 17.0 Å². The molecule has 2 N–H and O–H groups in total. The number of anilines is 1. The molecule has 0 aliphatic carbocycles. The Morgan fingerprint density at radius 2 is 1.88 bits per heavy atom. The minimum atomic E-state index is -0.943. The molecular weight excluding hydrogens is 360 g/mol. The predicted octanol–water partition coefficient (Wildman–Crippen LogP) is 3.92. The highest BCUT2D eigenvalue weighted by Gasteiger charge is 2.15. The number of nitrogens with one attached hydrogen (secondary N) is 2. The molecule has 0 fully saturated rings. The van der Waals surface area contributed by atoms with Crippen molar-refractivity contribution in [2.45, 2.75) is 6.92 Å². The lowest BCUT2D eigenvalue weighted by molar-refractivity contribution is 0.102. The molecule has 9 heteroatoms. The maximum atomic E-state index is 13.5. The number of fused-ring (bicyclic) bond motifs is 1. The van der Waals surface area contributed by atoms with Gasteiger partial charge >= 0.3 is 0 Å². The highest BCUT2D eigenvalue weighted by molar-refractivity contribution is 7.16. The van der Waals surface area contributed by atoms with Gasteiger partial charge in [-0.05, 0) is 43.3 Å². The van der Waals surface area contributed by atoms with Gasteiger partial charge in [0.05, 0.1) is 5.69 Å². The van der Waals surface area contributed by atoms with Crippen molar-refractivity contribution < 1.29 is 13.6 Å². The Morgan fingerprint density at radius 1 is 1.08 bits per heavy atom. The van der Waals surface area contributed by atoms with Crippen molar-refractivity contribution in [1.82, 2.24) is 20.4 Å². The molecule has 0 spiro atoms. The lowest BCUT2D eigenvalue weighted by Crippen LogP contribution is -2.11. The number of carbonyl (C=O) groups excluding carboxylic acids is 1. The second-order valence-corrected chi connectivity index (χ2v) is 6.74. The van der Waals surface area contributed by atoms with Crippen LogP contribution < -0.4 is 5.32 Å². The fraction of sp³-hybridized carbons (Fsp3) is 0.0588. The third-order valence-corrected chi connectivity index (χ3v) is 4.67. The van der Waals surface area contributed by atoms with Crippen molar-refractivity contribution >= 4 is 33.4 Å². The van der Waals surface area contributed by atoms with Gasteiger partial charge in [0.2, 0.25) is 0 Å². The summed E-state index contributed by atoms with van der Waals surface area (Å²) in [4.78, 5) is 17.5. The summed E-state index contributed by atoms with van der Waals surface area (Å²) in [5.41, 5.74) is 2.59. The average Bonchev–Trinajstić information content (AvgIpc) is 3.23. The van der Waals surface area contributed by atoms with Gasteiger partial charge in [-0.15, -0.1) is 11.3 Å². The van der Waals surface area contributed by atoms with Gasteiger partial charge in [-0.2, -0.15) is 15.4 Å². The summed E-state index contributed by atoms with van der Waals surface area (Å²) in [5, 5.41) is 13.5. The molecule has 4 rings (SSSR count). The van der Waals surface area contributed by atoms with E-state index in [2.05, 4.69) is 25.7 Å². The molecule has 0 saturated heterocycles. The zero-order valence-corrected chi connectivity index (χ0v) is 14.2. The number of aryl methyl sites for hydroxylation is 1. The number of rotatable bonds is 3. The molecule has 0 saturated carbocycles. The van der Waals surface area contributed by atoms with Crippen LogP contribution in [0.1, 0.15) is 15.2 Å². The molecule has 0 bridgehead atoms. The van der Waals surface area contributed by atoms with Gasteiger partial charge in [0.15, 0.2) is 16.8 Å².